The summed E-state index contributed by atoms with van der Waals surface area (Å²) in [5.74, 6) is -0.548. The molecule has 1 fully saturated rings. The van der Waals surface area contributed by atoms with Crippen LogP contribution >= 0.6 is 11.6 Å². The van der Waals surface area contributed by atoms with Crippen LogP contribution in [0.2, 0.25) is 5.02 Å². The molecule has 2 heterocycles. The molecule has 0 bridgehead atoms. The number of carbonyl (C=O) groups is 2. The van der Waals surface area contributed by atoms with Crippen molar-refractivity contribution in [1.29, 1.82) is 0 Å². The standard InChI is InChI=1S/C26H33ClN2O5/c1-18-15-19(2)25(27)22-16-20(28-34-17-23(31)29-12-5-3-6-13-29)9-8-11-21(30)10-4-7-14-33-26(32)24(18)22/h4,8-10,15,21,30H,3,5-7,11-14,16-17H2,1-2H3/b9-8+,10-4+,28-20-. The van der Waals surface area contributed by atoms with Gasteiger partial charge in [-0.15, -0.1) is 0 Å². The number of hydrogen-bond acceptors (Lipinski definition) is 6. The Bertz CT molecular complexity index is 980. The number of halogens is 1. The quantitative estimate of drug-likeness (QED) is 0.389. The van der Waals surface area contributed by atoms with Crippen molar-refractivity contribution in [3.05, 3.63) is 57.6 Å². The number of piperidine rings is 1. The fourth-order valence-electron chi connectivity index (χ4n) is 4.17. The fourth-order valence-corrected chi connectivity index (χ4v) is 4.39. The van der Waals surface area contributed by atoms with Crippen LogP contribution in [0.15, 0.2) is 35.5 Å². The molecule has 34 heavy (non-hydrogen) atoms. The number of hydrogen-bond donors (Lipinski definition) is 1. The van der Waals surface area contributed by atoms with Crippen LogP contribution < -0.4 is 0 Å². The summed E-state index contributed by atoms with van der Waals surface area (Å²) in [4.78, 5) is 32.6. The Morgan fingerprint density at radius 1 is 1.24 bits per heavy atom. The third kappa shape index (κ3) is 7.18. The summed E-state index contributed by atoms with van der Waals surface area (Å²) in [7, 11) is 0. The Kier molecular flexibility index (Phi) is 9.72. The first-order valence-electron chi connectivity index (χ1n) is 11.8. The smallest absolute Gasteiger partial charge is 0.338 e. The molecular formula is C26H33ClN2O5. The predicted octanol–water partition coefficient (Wildman–Crippen LogP) is 4.31. The molecule has 8 heteroatoms. The van der Waals surface area contributed by atoms with Crippen LogP contribution in [-0.2, 0) is 20.8 Å². The van der Waals surface area contributed by atoms with Crippen LogP contribution in [0, 0.1) is 13.8 Å². The van der Waals surface area contributed by atoms with E-state index in [9.17, 15) is 14.7 Å². The molecule has 7 nitrogen and oxygen atoms in total. The Balaban J connectivity index is 1.88. The number of amides is 1. The number of nitrogens with zero attached hydrogens (tertiary/aromatic N) is 2. The van der Waals surface area contributed by atoms with Crippen LogP contribution in [0.3, 0.4) is 0 Å². The number of likely N-dealkylation sites (tertiary alicyclic amines) is 1. The molecule has 1 atom stereocenters. The summed E-state index contributed by atoms with van der Waals surface area (Å²) < 4.78 is 5.47. The highest BCUT2D eigenvalue weighted by molar-refractivity contribution is 6.33. The van der Waals surface area contributed by atoms with E-state index >= 15 is 0 Å². The number of fused-ring (bicyclic) bond motifs is 1. The number of cyclic esters (lactones) is 1. The van der Waals surface area contributed by atoms with Crippen molar-refractivity contribution in [2.75, 3.05) is 26.3 Å². The third-order valence-electron chi connectivity index (χ3n) is 5.94. The molecule has 0 radical (unpaired) electrons. The highest BCUT2D eigenvalue weighted by atomic mass is 35.5. The second kappa shape index (κ2) is 12.7. The zero-order valence-corrected chi connectivity index (χ0v) is 20.6. The van der Waals surface area contributed by atoms with E-state index in [4.69, 9.17) is 21.2 Å². The highest BCUT2D eigenvalue weighted by Crippen LogP contribution is 2.29. The van der Waals surface area contributed by atoms with Crippen molar-refractivity contribution in [1.82, 2.24) is 4.90 Å². The summed E-state index contributed by atoms with van der Waals surface area (Å²) in [6, 6.07) is 1.86. The zero-order valence-electron chi connectivity index (χ0n) is 19.9. The number of carbonyl (C=O) groups excluding carboxylic acids is 2. The second-order valence-corrected chi connectivity index (χ2v) is 9.09. The van der Waals surface area contributed by atoms with Gasteiger partial charge in [0.05, 0.1) is 24.0 Å². The molecule has 1 amide bonds. The largest absolute Gasteiger partial charge is 0.462 e. The van der Waals surface area contributed by atoms with E-state index in [0.29, 0.717) is 34.7 Å². The van der Waals surface area contributed by atoms with Crippen molar-refractivity contribution in [3.8, 4) is 0 Å². The number of aliphatic hydroxyl groups excluding tert-OH is 1. The van der Waals surface area contributed by atoms with Crippen molar-refractivity contribution in [2.24, 2.45) is 5.16 Å². The number of oxime groups is 1. The molecule has 0 saturated carbocycles. The Hall–Kier alpha value is -2.64. The summed E-state index contributed by atoms with van der Waals surface area (Å²) >= 11 is 6.63. The van der Waals surface area contributed by atoms with E-state index in [1.54, 1.807) is 29.2 Å². The average Bonchev–Trinajstić information content (AvgIpc) is 2.81. The number of ether oxygens (including phenoxy) is 1. The molecule has 2 aliphatic heterocycles. The average molecular weight is 489 g/mol. The topological polar surface area (TPSA) is 88.4 Å². The number of aliphatic hydroxyl groups is 1. The van der Waals surface area contributed by atoms with Crippen LogP contribution in [0.4, 0.5) is 0 Å². The van der Waals surface area contributed by atoms with Gasteiger partial charge in [-0.25, -0.2) is 4.79 Å². The van der Waals surface area contributed by atoms with Gasteiger partial charge in [-0.3, -0.25) is 4.79 Å². The maximum absolute atomic E-state index is 12.9. The van der Waals surface area contributed by atoms with Gasteiger partial charge in [0, 0.05) is 24.5 Å². The van der Waals surface area contributed by atoms with Crippen molar-refractivity contribution in [3.63, 3.8) is 0 Å². The molecule has 184 valence electrons. The molecule has 0 aliphatic carbocycles. The van der Waals surface area contributed by atoms with Crippen molar-refractivity contribution >= 4 is 29.2 Å². The van der Waals surface area contributed by atoms with Gasteiger partial charge in [-0.2, -0.15) is 0 Å². The molecule has 1 aromatic rings. The lowest BCUT2D eigenvalue weighted by molar-refractivity contribution is -0.137. The third-order valence-corrected chi connectivity index (χ3v) is 6.47. The van der Waals surface area contributed by atoms with Gasteiger partial charge < -0.3 is 19.6 Å². The van der Waals surface area contributed by atoms with E-state index in [1.165, 1.54) is 0 Å². The molecule has 2 aliphatic rings. The summed E-state index contributed by atoms with van der Waals surface area (Å²) in [6.45, 7) is 5.27. The lowest BCUT2D eigenvalue weighted by Gasteiger charge is -2.26. The van der Waals surface area contributed by atoms with Gasteiger partial charge >= 0.3 is 5.97 Å². The van der Waals surface area contributed by atoms with E-state index < -0.39 is 12.1 Å². The SMILES string of the molecule is Cc1cc(C)c2c(c1Cl)CC(=N\OCC(=O)N1CCCCC1)/C=C/CC(O)/C=C/CCOC2=O. The molecule has 1 unspecified atom stereocenters. The monoisotopic (exact) mass is 488 g/mol. The maximum atomic E-state index is 12.9. The van der Waals surface area contributed by atoms with Crippen LogP contribution in [-0.4, -0.2) is 60.0 Å². The maximum Gasteiger partial charge on any atom is 0.338 e. The van der Waals surface area contributed by atoms with Gasteiger partial charge in [0.1, 0.15) is 0 Å². The first-order valence-corrected chi connectivity index (χ1v) is 12.2. The molecule has 1 N–H and O–H groups in total. The van der Waals surface area contributed by atoms with Gasteiger partial charge in [0.15, 0.2) is 6.61 Å². The van der Waals surface area contributed by atoms with Gasteiger partial charge in [-0.1, -0.05) is 41.1 Å². The van der Waals surface area contributed by atoms with Gasteiger partial charge in [0.2, 0.25) is 0 Å². The normalized spacial score (nSPS) is 22.9. The van der Waals surface area contributed by atoms with Gasteiger partial charge in [0.25, 0.3) is 5.91 Å². The Labute approximate surface area is 206 Å². The molecule has 1 aromatic carbocycles. The van der Waals surface area contributed by atoms with Crippen molar-refractivity contribution in [2.45, 2.75) is 58.5 Å². The molecule has 3 rings (SSSR count). The summed E-state index contributed by atoms with van der Waals surface area (Å²) in [5, 5.41) is 14.8. The minimum atomic E-state index is -0.668. The number of allylic oxidation sites excluding steroid dienone is 1. The predicted molar refractivity (Wildman–Crippen MR) is 132 cm³/mol. The van der Waals surface area contributed by atoms with Crippen LogP contribution in [0.1, 0.15) is 59.2 Å². The number of benzene rings is 1. The molecule has 1 saturated heterocycles. The molecule has 0 spiro atoms. The summed E-state index contributed by atoms with van der Waals surface area (Å²) in [5.41, 5.74) is 3.12. The van der Waals surface area contributed by atoms with E-state index in [0.717, 1.165) is 43.5 Å². The van der Waals surface area contributed by atoms with Crippen molar-refractivity contribution < 1.29 is 24.3 Å². The number of aryl methyl sites for hydroxylation is 2. The lowest BCUT2D eigenvalue weighted by Crippen LogP contribution is -2.37. The van der Waals surface area contributed by atoms with E-state index in [-0.39, 0.29) is 25.5 Å². The minimum absolute atomic E-state index is 0.0943. The molecular weight excluding hydrogens is 456 g/mol. The van der Waals surface area contributed by atoms with Gasteiger partial charge in [-0.05, 0) is 68.7 Å². The lowest BCUT2D eigenvalue weighted by atomic mass is 9.94. The Morgan fingerprint density at radius 2 is 2.00 bits per heavy atom. The minimum Gasteiger partial charge on any atom is -0.462 e. The van der Waals surface area contributed by atoms with E-state index in [2.05, 4.69) is 5.16 Å². The molecule has 0 aromatic heterocycles. The van der Waals surface area contributed by atoms with E-state index in [1.807, 2.05) is 19.9 Å². The fraction of sp³-hybridized carbons (Fsp3) is 0.500. The summed E-state index contributed by atoms with van der Waals surface area (Å²) in [6.07, 6.45) is 10.6. The first-order chi connectivity index (χ1) is 16.4. The second-order valence-electron chi connectivity index (χ2n) is 8.71. The first kappa shape index (κ1) is 26.0. The highest BCUT2D eigenvalue weighted by Gasteiger charge is 2.22. The van der Waals surface area contributed by atoms with Crippen LogP contribution in [0.25, 0.3) is 0 Å². The van der Waals surface area contributed by atoms with Crippen LogP contribution in [0.5, 0.6) is 0 Å². The number of esters is 1. The number of rotatable bonds is 3. The zero-order chi connectivity index (χ0) is 24.5. The Morgan fingerprint density at radius 3 is 2.76 bits per heavy atom.